The fourth-order valence-corrected chi connectivity index (χ4v) is 4.00. The molecule has 0 radical (unpaired) electrons. The second kappa shape index (κ2) is 8.89. The molecular formula is C27H38N4O. The largest absolute Gasteiger partial charge is 0.507 e. The number of hydrogen-bond donors (Lipinski definition) is 3. The summed E-state index contributed by atoms with van der Waals surface area (Å²) in [5.74, 6) is 1.25. The van der Waals surface area contributed by atoms with Crippen molar-refractivity contribution in [3.05, 3.63) is 53.9 Å². The minimum absolute atomic E-state index is 0.191. The lowest BCUT2D eigenvalue weighted by atomic mass is 9.78. The fourth-order valence-electron chi connectivity index (χ4n) is 4.00. The summed E-state index contributed by atoms with van der Waals surface area (Å²) in [4.78, 5) is 4.72. The van der Waals surface area contributed by atoms with E-state index in [2.05, 4.69) is 101 Å². The average molecular weight is 435 g/mol. The van der Waals surface area contributed by atoms with Crippen LogP contribution in [0.3, 0.4) is 0 Å². The lowest BCUT2D eigenvalue weighted by Gasteiger charge is -2.28. The summed E-state index contributed by atoms with van der Waals surface area (Å²) in [6, 6.07) is 10.5. The van der Waals surface area contributed by atoms with Gasteiger partial charge in [0.2, 0.25) is 0 Å². The third-order valence-corrected chi connectivity index (χ3v) is 5.64. The number of benzene rings is 2. The summed E-state index contributed by atoms with van der Waals surface area (Å²) in [7, 11) is 0. The summed E-state index contributed by atoms with van der Waals surface area (Å²) < 4.78 is 2.11. The van der Waals surface area contributed by atoms with Crippen molar-refractivity contribution < 1.29 is 5.11 Å². The molecule has 0 aliphatic heterocycles. The molecule has 0 bridgehead atoms. The number of nitrogens with zero attached hydrogens (tertiary/aromatic N) is 2. The Kier molecular flexibility index (Phi) is 6.59. The summed E-state index contributed by atoms with van der Waals surface area (Å²) in [6.07, 6.45) is 3.83. The van der Waals surface area contributed by atoms with Crippen molar-refractivity contribution >= 4 is 11.4 Å². The van der Waals surface area contributed by atoms with Crippen LogP contribution in [0.5, 0.6) is 5.75 Å². The molecule has 5 heteroatoms. The highest BCUT2D eigenvalue weighted by Crippen LogP contribution is 2.42. The molecule has 1 heterocycles. The standard InChI is InChI=1S/C27H38N4O/c1-9-28-22-12-11-19(17-23(22)29-10-2)31-14-13-30-25(31)18-15-20(26(3,4)5)24(32)21(16-18)27(6,7)8/h11-17,28-29,32H,9-10H2,1-8H3. The number of phenols is 1. The molecule has 0 saturated carbocycles. The van der Waals surface area contributed by atoms with Crippen LogP contribution in [0.4, 0.5) is 11.4 Å². The second-order valence-electron chi connectivity index (χ2n) is 10.3. The zero-order valence-corrected chi connectivity index (χ0v) is 20.8. The van der Waals surface area contributed by atoms with Gasteiger partial charge >= 0.3 is 0 Å². The molecular weight excluding hydrogens is 396 g/mol. The Bertz CT molecular complexity index is 1050. The topological polar surface area (TPSA) is 62.1 Å². The van der Waals surface area contributed by atoms with Crippen LogP contribution in [0.15, 0.2) is 42.7 Å². The van der Waals surface area contributed by atoms with Crippen molar-refractivity contribution in [2.45, 2.75) is 66.2 Å². The summed E-state index contributed by atoms with van der Waals surface area (Å²) >= 11 is 0. The normalized spacial score (nSPS) is 12.1. The zero-order valence-electron chi connectivity index (χ0n) is 20.8. The molecule has 2 aromatic carbocycles. The van der Waals surface area contributed by atoms with E-state index in [9.17, 15) is 5.11 Å². The van der Waals surface area contributed by atoms with Crippen LogP contribution in [-0.4, -0.2) is 27.7 Å². The first kappa shape index (κ1) is 23.7. The number of aromatic hydroxyl groups is 1. The first-order chi connectivity index (χ1) is 15.0. The molecule has 1 aromatic heterocycles. The predicted molar refractivity (Wildman–Crippen MR) is 136 cm³/mol. The van der Waals surface area contributed by atoms with E-state index in [1.807, 2.05) is 12.4 Å². The van der Waals surface area contributed by atoms with Crippen molar-refractivity contribution in [2.24, 2.45) is 0 Å². The van der Waals surface area contributed by atoms with Crippen molar-refractivity contribution in [2.75, 3.05) is 23.7 Å². The van der Waals surface area contributed by atoms with E-state index in [1.165, 1.54) is 0 Å². The van der Waals surface area contributed by atoms with Crippen LogP contribution >= 0.6 is 0 Å². The Morgan fingerprint density at radius 2 is 1.41 bits per heavy atom. The van der Waals surface area contributed by atoms with Gasteiger partial charge in [-0.3, -0.25) is 4.57 Å². The number of imidazole rings is 1. The summed E-state index contributed by atoms with van der Waals surface area (Å²) in [5, 5.41) is 18.0. The lowest BCUT2D eigenvalue weighted by molar-refractivity contribution is 0.423. The first-order valence-corrected chi connectivity index (χ1v) is 11.5. The van der Waals surface area contributed by atoms with Gasteiger partial charge in [-0.25, -0.2) is 4.98 Å². The molecule has 172 valence electrons. The molecule has 3 aromatic rings. The molecule has 0 aliphatic carbocycles. The SMILES string of the molecule is CCNc1ccc(-n2ccnc2-c2cc(C(C)(C)C)c(O)c(C(C)(C)C)c2)cc1NCC. The minimum atomic E-state index is -0.191. The van der Waals surface area contributed by atoms with E-state index in [1.54, 1.807) is 0 Å². The molecule has 0 aliphatic rings. The molecule has 0 unspecified atom stereocenters. The fraction of sp³-hybridized carbons (Fsp3) is 0.444. The molecule has 0 saturated heterocycles. The van der Waals surface area contributed by atoms with Crippen molar-refractivity contribution in [1.29, 1.82) is 0 Å². The first-order valence-electron chi connectivity index (χ1n) is 11.5. The maximum Gasteiger partial charge on any atom is 0.144 e. The number of phenolic OH excluding ortho intramolecular Hbond substituents is 1. The third-order valence-electron chi connectivity index (χ3n) is 5.64. The molecule has 32 heavy (non-hydrogen) atoms. The molecule has 0 fully saturated rings. The molecule has 0 amide bonds. The van der Waals surface area contributed by atoms with E-state index in [4.69, 9.17) is 4.98 Å². The highest BCUT2D eigenvalue weighted by molar-refractivity contribution is 5.73. The van der Waals surface area contributed by atoms with Gasteiger partial charge in [-0.1, -0.05) is 41.5 Å². The van der Waals surface area contributed by atoms with Crippen LogP contribution in [-0.2, 0) is 10.8 Å². The Morgan fingerprint density at radius 1 is 0.844 bits per heavy atom. The van der Waals surface area contributed by atoms with Gasteiger partial charge < -0.3 is 15.7 Å². The molecule has 3 rings (SSSR count). The predicted octanol–water partition coefficient (Wildman–Crippen LogP) is 6.70. The monoisotopic (exact) mass is 434 g/mol. The van der Waals surface area contributed by atoms with Crippen LogP contribution in [0.2, 0.25) is 0 Å². The van der Waals surface area contributed by atoms with Gasteiger partial charge in [0.25, 0.3) is 0 Å². The highest BCUT2D eigenvalue weighted by Gasteiger charge is 2.27. The van der Waals surface area contributed by atoms with Gasteiger partial charge in [0.1, 0.15) is 11.6 Å². The highest BCUT2D eigenvalue weighted by atomic mass is 16.3. The van der Waals surface area contributed by atoms with Crippen molar-refractivity contribution in [1.82, 2.24) is 9.55 Å². The Hall–Kier alpha value is -2.95. The number of anilines is 2. The van der Waals surface area contributed by atoms with Gasteiger partial charge in [-0.2, -0.15) is 0 Å². The van der Waals surface area contributed by atoms with E-state index in [0.29, 0.717) is 5.75 Å². The average Bonchev–Trinajstić information content (AvgIpc) is 3.18. The second-order valence-corrected chi connectivity index (χ2v) is 10.3. The lowest BCUT2D eigenvalue weighted by Crippen LogP contribution is -2.17. The maximum absolute atomic E-state index is 11.1. The van der Waals surface area contributed by atoms with Crippen LogP contribution in [0.1, 0.15) is 66.5 Å². The van der Waals surface area contributed by atoms with E-state index in [0.717, 1.165) is 52.7 Å². The smallest absolute Gasteiger partial charge is 0.144 e. The summed E-state index contributed by atoms with van der Waals surface area (Å²) in [6.45, 7) is 18.7. The van der Waals surface area contributed by atoms with Crippen molar-refractivity contribution in [3.8, 4) is 22.8 Å². The van der Waals surface area contributed by atoms with E-state index < -0.39 is 0 Å². The van der Waals surface area contributed by atoms with E-state index >= 15 is 0 Å². The quantitative estimate of drug-likeness (QED) is 0.404. The molecule has 0 spiro atoms. The summed E-state index contributed by atoms with van der Waals surface area (Å²) in [5.41, 5.74) is 5.70. The third kappa shape index (κ3) is 4.77. The Morgan fingerprint density at radius 3 is 1.94 bits per heavy atom. The Balaban J connectivity index is 2.19. The van der Waals surface area contributed by atoms with Gasteiger partial charge in [-0.05, 0) is 55.0 Å². The number of nitrogens with one attached hydrogen (secondary N) is 2. The van der Waals surface area contributed by atoms with Crippen LogP contribution in [0.25, 0.3) is 17.1 Å². The van der Waals surface area contributed by atoms with E-state index in [-0.39, 0.29) is 10.8 Å². The zero-order chi connectivity index (χ0) is 23.7. The van der Waals surface area contributed by atoms with Crippen LogP contribution in [0, 0.1) is 0 Å². The number of rotatable bonds is 6. The Labute approximate surface area is 192 Å². The molecule has 5 nitrogen and oxygen atoms in total. The van der Waals surface area contributed by atoms with Gasteiger partial charge in [0.15, 0.2) is 0 Å². The van der Waals surface area contributed by atoms with Gasteiger partial charge in [-0.15, -0.1) is 0 Å². The molecule has 3 N–H and O–H groups in total. The molecule has 0 atom stereocenters. The number of hydrogen-bond acceptors (Lipinski definition) is 4. The van der Waals surface area contributed by atoms with Crippen molar-refractivity contribution in [3.63, 3.8) is 0 Å². The minimum Gasteiger partial charge on any atom is -0.507 e. The van der Waals surface area contributed by atoms with Gasteiger partial charge in [0.05, 0.1) is 11.4 Å². The van der Waals surface area contributed by atoms with Gasteiger partial charge in [0, 0.05) is 47.9 Å². The maximum atomic E-state index is 11.1. The number of aromatic nitrogens is 2. The van der Waals surface area contributed by atoms with Crippen LogP contribution < -0.4 is 10.6 Å².